The van der Waals surface area contributed by atoms with E-state index < -0.39 is 14.3 Å². The molecule has 0 amide bonds. The number of hydrogen-bond donors (Lipinski definition) is 0. The van der Waals surface area contributed by atoms with Gasteiger partial charge in [0.15, 0.2) is 20.1 Å². The van der Waals surface area contributed by atoms with Crippen LogP contribution in [0, 0.1) is 0 Å². The van der Waals surface area contributed by atoms with Crippen molar-refractivity contribution in [2.24, 2.45) is 0 Å². The first-order valence-electron chi connectivity index (χ1n) is 42.5. The Morgan fingerprint density at radius 2 is 0.508 bits per heavy atom. The molecule has 10 aromatic heterocycles. The van der Waals surface area contributed by atoms with Gasteiger partial charge in [-0.05, 0) is 112 Å². The normalized spacial score (nSPS) is 11.7. The summed E-state index contributed by atoms with van der Waals surface area (Å²) in [5.41, 5.74) is 18.3. The van der Waals surface area contributed by atoms with Gasteiger partial charge in [-0.2, -0.15) is 15.3 Å². The van der Waals surface area contributed by atoms with E-state index in [2.05, 4.69) is 270 Å². The highest BCUT2D eigenvalue weighted by Gasteiger charge is 2.33. The molecular weight excluding hydrogens is 1610 g/mol. The van der Waals surface area contributed by atoms with Crippen LogP contribution in [-0.2, 0) is 9.13 Å². The van der Waals surface area contributed by atoms with Crippen LogP contribution < -0.4 is 32.0 Å². The number of fused-ring (bicyclic) bond motifs is 10. The molecule has 14 nitrogen and oxygen atoms in total. The van der Waals surface area contributed by atoms with E-state index in [4.69, 9.17) is 30.4 Å². The fourth-order valence-electron chi connectivity index (χ4n) is 17.2. The Labute approximate surface area is 736 Å². The molecular formula is C112H78N12O2P2. The molecule has 0 N–H and O–H groups in total. The molecule has 0 fully saturated rings. The molecule has 25 rings (SSSR count). The molecule has 0 saturated carbocycles. The quantitative estimate of drug-likeness (QED) is 0.104. The Balaban J connectivity index is 0.000000102. The maximum atomic E-state index is 14.6. The van der Waals surface area contributed by atoms with Crippen molar-refractivity contribution in [2.75, 3.05) is 0 Å². The Morgan fingerprint density at radius 3 is 0.945 bits per heavy atom. The van der Waals surface area contributed by atoms with Gasteiger partial charge in [-0.15, -0.1) is 5.10 Å². The van der Waals surface area contributed by atoms with Gasteiger partial charge in [0.05, 0.1) is 55.5 Å². The lowest BCUT2D eigenvalue weighted by atomic mass is 10.0. The Hall–Kier alpha value is -16.5. The first-order chi connectivity index (χ1) is 63.1. The maximum absolute atomic E-state index is 14.6. The zero-order valence-corrected chi connectivity index (χ0v) is 70.9. The van der Waals surface area contributed by atoms with Gasteiger partial charge >= 0.3 is 0 Å². The molecule has 0 saturated heterocycles. The van der Waals surface area contributed by atoms with Gasteiger partial charge in [0.25, 0.3) is 0 Å². The minimum atomic E-state index is -3.05. The van der Waals surface area contributed by atoms with Crippen LogP contribution >= 0.6 is 14.3 Å². The van der Waals surface area contributed by atoms with Crippen molar-refractivity contribution in [2.45, 2.75) is 0 Å². The average molecular weight is 1690 g/mol. The maximum Gasteiger partial charge on any atom is 0.190 e. The molecule has 15 aromatic carbocycles. The van der Waals surface area contributed by atoms with Crippen LogP contribution in [0.25, 0.3) is 155 Å². The molecule has 128 heavy (non-hydrogen) atoms. The molecule has 16 heteroatoms. The SMILES string of the molecule is O=P(c1ccccc1)(c1ccccc1)c1cc2cc3ccccc3cn2n1.O=P(c1ccccc1)(c1ccccc1)c1ccc(-c2ccc(-c3cc4cc5ccccc5cn4n3)cc2)cc1.c1ccc(-c2nc3ccccc3n2-c2cc3cc4ccccc4cn3n2)cc1.c1ccc(-n2c(-c3ccc(-c4cc5cc6ccccc6cn5n4)cc3)nc3ccccc32)cc1. The minimum absolute atomic E-state index is 0.607. The summed E-state index contributed by atoms with van der Waals surface area (Å²) in [4.78, 5) is 9.87. The number of benzene rings is 15. The van der Waals surface area contributed by atoms with E-state index >= 15 is 0 Å². The van der Waals surface area contributed by atoms with Crippen LogP contribution in [0.5, 0.6) is 0 Å². The second kappa shape index (κ2) is 33.3. The largest absolute Gasteiger partial charge is 0.309 e. The first-order valence-corrected chi connectivity index (χ1v) is 45.9. The van der Waals surface area contributed by atoms with Crippen molar-refractivity contribution in [3.63, 3.8) is 0 Å². The molecule has 0 atom stereocenters. The summed E-state index contributed by atoms with van der Waals surface area (Å²) in [5, 5.41) is 32.8. The highest BCUT2D eigenvalue weighted by molar-refractivity contribution is 7.85. The summed E-state index contributed by atoms with van der Waals surface area (Å²) >= 11 is 0. The summed E-state index contributed by atoms with van der Waals surface area (Å²) in [6.07, 6.45) is 8.24. The van der Waals surface area contributed by atoms with Gasteiger partial charge in [0.1, 0.15) is 17.1 Å². The third-order valence-corrected chi connectivity index (χ3v) is 29.6. The molecule has 0 radical (unpaired) electrons. The summed E-state index contributed by atoms with van der Waals surface area (Å²) in [5.74, 6) is 2.69. The molecule has 25 aromatic rings. The number of nitrogens with zero attached hydrogens (tertiary/aromatic N) is 12. The molecule has 0 aliphatic carbocycles. The Kier molecular flexibility index (Phi) is 20.2. The molecule has 0 unspecified atom stereocenters. The standard InChI is InChI=1S/C35H25N2OP.C30H20N4.C24H16N4.C23H17N2OP/c38-39(32-11-3-1-4-12-32,33-13-5-2-6-14-33)34-21-19-27(20-22-34)26-15-17-28(18-16-26)35-24-31-23-29-9-7-8-10-30(29)25-37(31)36-35;1-2-10-25(11-3-1)34-29-13-7-6-12-27(29)31-30(34)22-16-14-21(15-17-22)28-19-26-18-23-8-4-5-9-24(23)20-33(26)32-28;1-2-8-17(9-3-1)24-25-21-12-6-7-13-22(21)28(24)23-15-20-14-18-10-4-5-11-19(18)16-27(20)26-23;26-27(21-11-3-1-4-12-21,22-13-5-2-6-14-22)23-16-20-15-18-9-7-8-10-19(18)17-25(20)24-23/h1-25H;1-20H;1-16H;1-17H. The van der Waals surface area contributed by atoms with Gasteiger partial charge in [-0.1, -0.05) is 364 Å². The molecule has 10 heterocycles. The van der Waals surface area contributed by atoms with Gasteiger partial charge < -0.3 is 9.13 Å². The van der Waals surface area contributed by atoms with Crippen molar-refractivity contribution in [3.8, 4) is 67.9 Å². The number of pyridine rings is 4. The van der Waals surface area contributed by atoms with E-state index in [9.17, 15) is 9.13 Å². The van der Waals surface area contributed by atoms with Crippen molar-refractivity contribution >= 4 is 133 Å². The average Bonchev–Trinajstić information content (AvgIpc) is 1.67. The fraction of sp³-hybridized carbons (Fsp3) is 0. The minimum Gasteiger partial charge on any atom is -0.309 e. The Morgan fingerprint density at radius 1 is 0.211 bits per heavy atom. The van der Waals surface area contributed by atoms with Crippen molar-refractivity contribution < 1.29 is 9.13 Å². The van der Waals surface area contributed by atoms with Gasteiger partial charge in [-0.3, -0.25) is 9.13 Å². The summed E-state index contributed by atoms with van der Waals surface area (Å²) in [6, 6.07) is 151. The highest BCUT2D eigenvalue weighted by atomic mass is 31.2. The van der Waals surface area contributed by atoms with Gasteiger partial charge in [0.2, 0.25) is 0 Å². The van der Waals surface area contributed by atoms with E-state index in [-0.39, 0.29) is 0 Å². The number of aromatic nitrogens is 12. The zero-order valence-electron chi connectivity index (χ0n) is 69.1. The number of hydrogen-bond acceptors (Lipinski definition) is 8. The zero-order chi connectivity index (χ0) is 85.5. The third kappa shape index (κ3) is 14.8. The summed E-state index contributed by atoms with van der Waals surface area (Å²) < 4.78 is 41.1. The molecule has 0 spiro atoms. The number of para-hydroxylation sites is 5. The molecule has 608 valence electrons. The molecule has 0 bridgehead atoms. The van der Waals surface area contributed by atoms with E-state index in [0.29, 0.717) is 5.44 Å². The number of imidazole rings is 2. The summed E-state index contributed by atoms with van der Waals surface area (Å²) in [6.45, 7) is 0. The van der Waals surface area contributed by atoms with Gasteiger partial charge in [-0.25, -0.2) is 28.0 Å². The predicted molar refractivity (Wildman–Crippen MR) is 526 cm³/mol. The van der Waals surface area contributed by atoms with Crippen LogP contribution in [0.1, 0.15) is 0 Å². The van der Waals surface area contributed by atoms with E-state index in [1.165, 1.54) is 32.3 Å². The van der Waals surface area contributed by atoms with E-state index in [1.54, 1.807) is 0 Å². The highest BCUT2D eigenvalue weighted by Crippen LogP contribution is 2.45. The van der Waals surface area contributed by atoms with Crippen LogP contribution in [0.4, 0.5) is 0 Å². The lowest BCUT2D eigenvalue weighted by Crippen LogP contribution is -2.26. The van der Waals surface area contributed by atoms with Crippen molar-refractivity contribution in [3.05, 3.63) is 474 Å². The van der Waals surface area contributed by atoms with Crippen LogP contribution in [0.15, 0.2) is 474 Å². The monoisotopic (exact) mass is 1680 g/mol. The third-order valence-electron chi connectivity index (χ3n) is 23.7. The van der Waals surface area contributed by atoms with E-state index in [0.717, 1.165) is 149 Å². The topological polar surface area (TPSA) is 139 Å². The van der Waals surface area contributed by atoms with Gasteiger partial charge in [0, 0.05) is 107 Å². The lowest BCUT2D eigenvalue weighted by Gasteiger charge is -2.20. The smallest absolute Gasteiger partial charge is 0.190 e. The Bertz CT molecular complexity index is 8190. The number of rotatable bonds is 13. The van der Waals surface area contributed by atoms with Crippen LogP contribution in [0.3, 0.4) is 0 Å². The molecule has 0 aliphatic rings. The predicted octanol–water partition coefficient (Wildman–Crippen LogP) is 24.2. The fourth-order valence-corrected chi connectivity index (χ4v) is 22.4. The van der Waals surface area contributed by atoms with E-state index in [1.807, 2.05) is 231 Å². The van der Waals surface area contributed by atoms with Crippen LogP contribution in [-0.4, -0.2) is 57.6 Å². The second-order valence-corrected chi connectivity index (χ2v) is 37.1. The second-order valence-electron chi connectivity index (χ2n) is 31.6. The van der Waals surface area contributed by atoms with Crippen molar-refractivity contribution in [1.29, 1.82) is 0 Å². The first kappa shape index (κ1) is 77.5. The van der Waals surface area contributed by atoms with Crippen LogP contribution in [0.2, 0.25) is 0 Å². The van der Waals surface area contributed by atoms with Crippen molar-refractivity contribution in [1.82, 2.24) is 57.6 Å². The molecule has 0 aliphatic heterocycles. The summed E-state index contributed by atoms with van der Waals surface area (Å²) in [7, 11) is -6.03. The lowest BCUT2D eigenvalue weighted by molar-refractivity contribution is 0.591.